The van der Waals surface area contributed by atoms with Crippen LogP contribution in [0.3, 0.4) is 0 Å². The van der Waals surface area contributed by atoms with Crippen LogP contribution in [0.25, 0.3) is 5.57 Å². The minimum atomic E-state index is -3.48. The molecule has 0 spiro atoms. The summed E-state index contributed by atoms with van der Waals surface area (Å²) in [5, 5.41) is 0. The molecule has 1 heterocycles. The smallest absolute Gasteiger partial charge is 0.334 e. The molecule has 0 radical (unpaired) electrons. The van der Waals surface area contributed by atoms with Gasteiger partial charge in [-0.2, -0.15) is 4.31 Å². The topological polar surface area (TPSA) is 63.7 Å². The third-order valence-electron chi connectivity index (χ3n) is 3.32. The Morgan fingerprint density at radius 1 is 1.35 bits per heavy atom. The minimum absolute atomic E-state index is 0.171. The number of rotatable bonds is 2. The lowest BCUT2D eigenvalue weighted by Crippen LogP contribution is -2.34. The molecule has 108 valence electrons. The number of likely N-dealkylation sites (N-methyl/N-ethyl adjacent to an activating group) is 1. The van der Waals surface area contributed by atoms with Gasteiger partial charge < -0.3 is 4.74 Å². The van der Waals surface area contributed by atoms with Crippen LogP contribution < -0.4 is 0 Å². The lowest BCUT2D eigenvalue weighted by Gasteiger charge is -2.28. The van der Waals surface area contributed by atoms with Gasteiger partial charge in [0.25, 0.3) is 0 Å². The van der Waals surface area contributed by atoms with Gasteiger partial charge in [0.15, 0.2) is 0 Å². The molecule has 0 N–H and O–H groups in total. The number of ether oxygens (including phenoxy) is 1. The van der Waals surface area contributed by atoms with Gasteiger partial charge in [-0.15, -0.1) is 0 Å². The zero-order valence-corrected chi connectivity index (χ0v) is 12.5. The highest BCUT2D eigenvalue weighted by Crippen LogP contribution is 2.33. The van der Waals surface area contributed by atoms with Gasteiger partial charge in [0.1, 0.15) is 0 Å². The van der Waals surface area contributed by atoms with E-state index in [2.05, 4.69) is 0 Å². The van der Waals surface area contributed by atoms with Crippen molar-refractivity contribution in [3.8, 4) is 0 Å². The Morgan fingerprint density at radius 2 is 2.00 bits per heavy atom. The van der Waals surface area contributed by atoms with E-state index in [1.807, 2.05) is 0 Å². The molecule has 1 aliphatic rings. The van der Waals surface area contributed by atoms with E-state index >= 15 is 0 Å². The third kappa shape index (κ3) is 2.36. The van der Waals surface area contributed by atoms with E-state index in [-0.39, 0.29) is 11.4 Å². The Bertz CT molecular complexity index is 676. The van der Waals surface area contributed by atoms with Crippen molar-refractivity contribution in [2.45, 2.75) is 18.7 Å². The van der Waals surface area contributed by atoms with Gasteiger partial charge in [-0.1, -0.05) is 18.2 Å². The minimum Gasteiger partial charge on any atom is -0.463 e. The molecule has 0 aromatic heterocycles. The highest BCUT2D eigenvalue weighted by atomic mass is 32.2. The molecule has 0 saturated heterocycles. The molecular formula is C14H17NO4S. The van der Waals surface area contributed by atoms with E-state index in [0.717, 1.165) is 0 Å². The number of benzene rings is 1. The first-order valence-corrected chi connectivity index (χ1v) is 7.76. The number of fused-ring (bicyclic) bond motifs is 1. The lowest BCUT2D eigenvalue weighted by molar-refractivity contribution is -0.138. The summed E-state index contributed by atoms with van der Waals surface area (Å²) >= 11 is 0. The summed E-state index contributed by atoms with van der Waals surface area (Å²) in [5.41, 5.74) is 1.72. The summed E-state index contributed by atoms with van der Waals surface area (Å²) in [5.74, 6) is -0.412. The first kappa shape index (κ1) is 14.7. The van der Waals surface area contributed by atoms with Crippen LogP contribution in [0.1, 0.15) is 19.4 Å². The molecule has 20 heavy (non-hydrogen) atoms. The highest BCUT2D eigenvalue weighted by molar-refractivity contribution is 7.89. The van der Waals surface area contributed by atoms with E-state index in [0.29, 0.717) is 23.3 Å². The molecule has 6 heteroatoms. The number of sulfonamides is 1. The maximum atomic E-state index is 12.3. The second-order valence-corrected chi connectivity index (χ2v) is 6.59. The third-order valence-corrected chi connectivity index (χ3v) is 5.18. The molecule has 2 rings (SSSR count). The van der Waals surface area contributed by atoms with Crippen molar-refractivity contribution in [2.24, 2.45) is 0 Å². The van der Waals surface area contributed by atoms with Gasteiger partial charge in [-0.05, 0) is 31.1 Å². The van der Waals surface area contributed by atoms with Crippen molar-refractivity contribution in [3.63, 3.8) is 0 Å². The van der Waals surface area contributed by atoms with Crippen molar-refractivity contribution < 1.29 is 17.9 Å². The Morgan fingerprint density at radius 3 is 2.65 bits per heavy atom. The van der Waals surface area contributed by atoms with Crippen molar-refractivity contribution in [1.82, 2.24) is 4.31 Å². The number of carbonyl (C=O) groups is 1. The van der Waals surface area contributed by atoms with E-state index in [4.69, 9.17) is 4.74 Å². The average Bonchev–Trinajstić information content (AvgIpc) is 2.43. The number of carbonyl (C=O) groups excluding carboxylic acids is 1. The van der Waals surface area contributed by atoms with E-state index < -0.39 is 16.0 Å². The number of hydrogen-bond acceptors (Lipinski definition) is 4. The van der Waals surface area contributed by atoms with Gasteiger partial charge in [0.2, 0.25) is 10.0 Å². The molecule has 1 aliphatic heterocycles. The van der Waals surface area contributed by atoms with E-state index in [9.17, 15) is 13.2 Å². The Hall–Kier alpha value is -1.66. The van der Waals surface area contributed by atoms with Crippen molar-refractivity contribution in [3.05, 3.63) is 35.4 Å². The summed E-state index contributed by atoms with van der Waals surface area (Å²) < 4.78 is 30.7. The van der Waals surface area contributed by atoms with Crippen molar-refractivity contribution >= 4 is 21.6 Å². The van der Waals surface area contributed by atoms with Gasteiger partial charge >= 0.3 is 5.97 Å². The maximum Gasteiger partial charge on any atom is 0.334 e. The van der Waals surface area contributed by atoms with Crippen LogP contribution in [0.5, 0.6) is 0 Å². The van der Waals surface area contributed by atoms with Gasteiger partial charge in [-0.25, -0.2) is 13.2 Å². The van der Waals surface area contributed by atoms with Crippen molar-refractivity contribution in [2.75, 3.05) is 20.2 Å². The molecule has 0 aliphatic carbocycles. The number of esters is 1. The van der Waals surface area contributed by atoms with Crippen LogP contribution in [0, 0.1) is 0 Å². The number of hydrogen-bond donors (Lipinski definition) is 0. The summed E-state index contributed by atoms with van der Waals surface area (Å²) in [4.78, 5) is 12.1. The monoisotopic (exact) mass is 295 g/mol. The first-order chi connectivity index (χ1) is 9.39. The molecule has 5 nitrogen and oxygen atoms in total. The standard InChI is InChI=1S/C14H17NO4S/c1-4-19-14(16)10(2)12-9-15(3)20(17,18)13-8-6-5-7-11(12)13/h5-8H,4,9H2,1-3H3. The largest absolute Gasteiger partial charge is 0.463 e. The predicted octanol–water partition coefficient (Wildman–Crippen LogP) is 1.66. The maximum absolute atomic E-state index is 12.3. The second kappa shape index (κ2) is 5.38. The molecule has 1 aromatic rings. The molecule has 0 fully saturated rings. The molecular weight excluding hydrogens is 278 g/mol. The fourth-order valence-corrected chi connectivity index (χ4v) is 3.54. The van der Waals surface area contributed by atoms with Crippen LogP contribution in [0.15, 0.2) is 34.7 Å². The quantitative estimate of drug-likeness (QED) is 0.615. The van der Waals surface area contributed by atoms with Crippen LogP contribution in [-0.2, 0) is 19.6 Å². The second-order valence-electron chi connectivity index (χ2n) is 4.58. The van der Waals surface area contributed by atoms with Gasteiger partial charge in [-0.3, -0.25) is 0 Å². The SMILES string of the molecule is CCOC(=O)C(C)=C1CN(C)S(=O)(=O)c2ccccc21. The fraction of sp³-hybridized carbons (Fsp3) is 0.357. The Balaban J connectivity index is 2.64. The first-order valence-electron chi connectivity index (χ1n) is 6.32. The van der Waals surface area contributed by atoms with Gasteiger partial charge in [0.05, 0.1) is 11.5 Å². The molecule has 0 atom stereocenters. The average molecular weight is 295 g/mol. The molecule has 1 aromatic carbocycles. The number of nitrogens with zero attached hydrogens (tertiary/aromatic N) is 1. The Kier molecular flexibility index (Phi) is 3.96. The molecule has 0 saturated carbocycles. The summed E-state index contributed by atoms with van der Waals surface area (Å²) in [7, 11) is -1.97. The van der Waals surface area contributed by atoms with Crippen LogP contribution in [0.2, 0.25) is 0 Å². The zero-order valence-electron chi connectivity index (χ0n) is 11.7. The summed E-state index contributed by atoms with van der Waals surface area (Å²) in [6.07, 6.45) is 0. The molecule has 0 bridgehead atoms. The molecule has 0 amide bonds. The van der Waals surface area contributed by atoms with Crippen LogP contribution >= 0.6 is 0 Å². The zero-order chi connectivity index (χ0) is 14.9. The normalized spacial score (nSPS) is 20.1. The fourth-order valence-electron chi connectivity index (χ4n) is 2.18. The molecule has 0 unspecified atom stereocenters. The predicted molar refractivity (Wildman–Crippen MR) is 75.5 cm³/mol. The Labute approximate surface area is 118 Å². The van der Waals surface area contributed by atoms with E-state index in [1.54, 1.807) is 38.1 Å². The van der Waals surface area contributed by atoms with Crippen LogP contribution in [0.4, 0.5) is 0 Å². The summed E-state index contributed by atoms with van der Waals surface area (Å²) in [6, 6.07) is 6.71. The highest BCUT2D eigenvalue weighted by Gasteiger charge is 2.32. The summed E-state index contributed by atoms with van der Waals surface area (Å²) in [6.45, 7) is 3.86. The lowest BCUT2D eigenvalue weighted by atomic mass is 10.0. The van der Waals surface area contributed by atoms with E-state index in [1.165, 1.54) is 11.4 Å². The van der Waals surface area contributed by atoms with Gasteiger partial charge in [0, 0.05) is 19.2 Å². The van der Waals surface area contributed by atoms with Crippen molar-refractivity contribution in [1.29, 1.82) is 0 Å². The van der Waals surface area contributed by atoms with Crippen LogP contribution in [-0.4, -0.2) is 38.9 Å².